The summed E-state index contributed by atoms with van der Waals surface area (Å²) in [6, 6.07) is 7.65. The van der Waals surface area contributed by atoms with E-state index >= 15 is 0 Å². The highest BCUT2D eigenvalue weighted by molar-refractivity contribution is 7.90. The summed E-state index contributed by atoms with van der Waals surface area (Å²) in [5.74, 6) is 0. The molecular weight excluding hydrogens is 262 g/mol. The molecule has 0 N–H and O–H groups in total. The van der Waals surface area contributed by atoms with E-state index in [1.54, 1.807) is 12.1 Å². The third-order valence-corrected chi connectivity index (χ3v) is 4.68. The molecule has 4 nitrogen and oxygen atoms in total. The molecule has 0 saturated carbocycles. The van der Waals surface area contributed by atoms with Gasteiger partial charge in [0.2, 0.25) is 0 Å². The molecule has 0 radical (unpaired) electrons. The maximum absolute atomic E-state index is 11.4. The minimum Gasteiger partial charge on any atom is -0.379 e. The van der Waals surface area contributed by atoms with Gasteiger partial charge in [0.05, 0.1) is 18.1 Å². The number of hydrogen-bond acceptors (Lipinski definition) is 4. The number of ether oxygens (including phenoxy) is 1. The maximum Gasteiger partial charge on any atom is 0.175 e. The van der Waals surface area contributed by atoms with Crippen LogP contribution in [0.25, 0.3) is 0 Å². The van der Waals surface area contributed by atoms with E-state index in [-0.39, 0.29) is 0 Å². The van der Waals surface area contributed by atoms with Crippen LogP contribution in [0.1, 0.15) is 12.5 Å². The Morgan fingerprint density at radius 1 is 1.21 bits per heavy atom. The molecule has 1 aliphatic heterocycles. The second kappa shape index (κ2) is 6.03. The molecule has 1 atom stereocenters. The minimum atomic E-state index is -3.10. The lowest BCUT2D eigenvalue weighted by Crippen LogP contribution is -2.43. The van der Waals surface area contributed by atoms with Crippen LogP contribution in [0.5, 0.6) is 0 Å². The molecule has 5 heteroatoms. The molecule has 1 fully saturated rings. The van der Waals surface area contributed by atoms with Crippen LogP contribution >= 0.6 is 0 Å². The van der Waals surface area contributed by atoms with Gasteiger partial charge in [-0.05, 0) is 31.0 Å². The van der Waals surface area contributed by atoms with Crippen molar-refractivity contribution in [1.29, 1.82) is 0 Å². The largest absolute Gasteiger partial charge is 0.379 e. The first-order chi connectivity index (χ1) is 8.97. The molecular formula is C14H21NO3S. The van der Waals surface area contributed by atoms with Crippen molar-refractivity contribution < 1.29 is 13.2 Å². The van der Waals surface area contributed by atoms with E-state index in [1.165, 1.54) is 11.8 Å². The Bertz CT molecular complexity index is 504. The number of hydrogen-bond donors (Lipinski definition) is 0. The predicted octanol–water partition coefficient (Wildman–Crippen LogP) is 1.35. The molecule has 106 valence electrons. The Labute approximate surface area is 115 Å². The molecule has 0 aliphatic carbocycles. The summed E-state index contributed by atoms with van der Waals surface area (Å²) in [4.78, 5) is 2.80. The molecule has 0 bridgehead atoms. The molecule has 0 amide bonds. The first-order valence-corrected chi connectivity index (χ1v) is 8.47. The van der Waals surface area contributed by atoms with Crippen molar-refractivity contribution in [3.8, 4) is 0 Å². The van der Waals surface area contributed by atoms with E-state index in [2.05, 4.69) is 11.8 Å². The molecule has 1 aliphatic rings. The fourth-order valence-electron chi connectivity index (χ4n) is 2.36. The van der Waals surface area contributed by atoms with Gasteiger partial charge in [0.25, 0.3) is 0 Å². The Balaban J connectivity index is 1.99. The van der Waals surface area contributed by atoms with Gasteiger partial charge in [0, 0.05) is 25.4 Å². The minimum absolute atomic E-state index is 0.385. The Morgan fingerprint density at radius 2 is 1.79 bits per heavy atom. The van der Waals surface area contributed by atoms with Crippen LogP contribution in [0.4, 0.5) is 0 Å². The van der Waals surface area contributed by atoms with Gasteiger partial charge < -0.3 is 4.74 Å². The Kier molecular flexibility index (Phi) is 4.60. The summed E-state index contributed by atoms with van der Waals surface area (Å²) in [5, 5.41) is 0. The zero-order valence-corrected chi connectivity index (χ0v) is 12.3. The molecule has 1 aromatic carbocycles. The van der Waals surface area contributed by atoms with Gasteiger partial charge in [-0.25, -0.2) is 8.42 Å². The molecule has 1 saturated heterocycles. The topological polar surface area (TPSA) is 46.6 Å². The van der Waals surface area contributed by atoms with Crippen molar-refractivity contribution in [1.82, 2.24) is 4.90 Å². The smallest absolute Gasteiger partial charge is 0.175 e. The van der Waals surface area contributed by atoms with E-state index in [0.717, 1.165) is 32.7 Å². The third-order valence-electron chi connectivity index (χ3n) is 3.55. The van der Waals surface area contributed by atoms with E-state index in [9.17, 15) is 8.42 Å². The van der Waals surface area contributed by atoms with Crippen molar-refractivity contribution >= 4 is 9.84 Å². The van der Waals surface area contributed by atoms with Gasteiger partial charge in [0.15, 0.2) is 9.84 Å². The second-order valence-corrected chi connectivity index (χ2v) is 7.13. The van der Waals surface area contributed by atoms with Crippen LogP contribution in [0.15, 0.2) is 29.2 Å². The Hall–Kier alpha value is -0.910. The molecule has 1 unspecified atom stereocenters. The molecule has 1 aromatic rings. The van der Waals surface area contributed by atoms with Crippen LogP contribution in [0.2, 0.25) is 0 Å². The van der Waals surface area contributed by atoms with Crippen LogP contribution in [0, 0.1) is 0 Å². The van der Waals surface area contributed by atoms with Crippen molar-refractivity contribution in [3.05, 3.63) is 29.8 Å². The van der Waals surface area contributed by atoms with Crippen molar-refractivity contribution in [2.75, 3.05) is 32.6 Å². The van der Waals surface area contributed by atoms with Crippen molar-refractivity contribution in [2.24, 2.45) is 0 Å². The van der Waals surface area contributed by atoms with Crippen LogP contribution in [-0.2, 0) is 21.0 Å². The molecule has 1 heterocycles. The van der Waals surface area contributed by atoms with E-state index in [4.69, 9.17) is 4.74 Å². The van der Waals surface area contributed by atoms with Gasteiger partial charge in [-0.15, -0.1) is 0 Å². The van der Waals surface area contributed by atoms with Gasteiger partial charge in [-0.3, -0.25) is 4.90 Å². The van der Waals surface area contributed by atoms with E-state index in [1.807, 2.05) is 12.1 Å². The molecule has 0 spiro atoms. The number of rotatable bonds is 4. The van der Waals surface area contributed by atoms with Crippen molar-refractivity contribution in [3.63, 3.8) is 0 Å². The zero-order valence-electron chi connectivity index (χ0n) is 11.5. The predicted molar refractivity (Wildman–Crippen MR) is 75.1 cm³/mol. The summed E-state index contributed by atoms with van der Waals surface area (Å²) in [7, 11) is -3.10. The highest BCUT2D eigenvalue weighted by Gasteiger charge is 2.17. The zero-order chi connectivity index (χ0) is 13.9. The van der Waals surface area contributed by atoms with Gasteiger partial charge in [0.1, 0.15) is 0 Å². The van der Waals surface area contributed by atoms with Crippen LogP contribution < -0.4 is 0 Å². The summed E-state index contributed by atoms with van der Waals surface area (Å²) in [6.07, 6.45) is 2.17. The average Bonchev–Trinajstić information content (AvgIpc) is 2.39. The summed E-state index contributed by atoms with van der Waals surface area (Å²) < 4.78 is 28.1. The highest BCUT2D eigenvalue weighted by Crippen LogP contribution is 2.14. The van der Waals surface area contributed by atoms with Crippen LogP contribution in [-0.4, -0.2) is 51.9 Å². The standard InChI is InChI=1S/C14H21NO3S/c1-12(15-7-9-18-10-8-15)11-13-3-5-14(6-4-13)19(2,16)17/h3-6,12H,7-11H2,1-2H3. The number of benzene rings is 1. The monoisotopic (exact) mass is 283 g/mol. The van der Waals surface area contributed by atoms with Gasteiger partial charge in [-0.2, -0.15) is 0 Å². The SMILES string of the molecule is CC(Cc1ccc(S(C)(=O)=O)cc1)N1CCOCC1. The highest BCUT2D eigenvalue weighted by atomic mass is 32.2. The van der Waals surface area contributed by atoms with E-state index in [0.29, 0.717) is 10.9 Å². The lowest BCUT2D eigenvalue weighted by molar-refractivity contribution is 0.0203. The van der Waals surface area contributed by atoms with Gasteiger partial charge in [-0.1, -0.05) is 12.1 Å². The summed E-state index contributed by atoms with van der Waals surface area (Å²) in [5.41, 5.74) is 1.17. The molecule has 0 aromatic heterocycles. The first-order valence-electron chi connectivity index (χ1n) is 6.57. The number of morpholine rings is 1. The average molecular weight is 283 g/mol. The normalized spacial score (nSPS) is 19.3. The van der Waals surface area contributed by atoms with E-state index < -0.39 is 9.84 Å². The van der Waals surface area contributed by atoms with Crippen LogP contribution in [0.3, 0.4) is 0 Å². The molecule has 19 heavy (non-hydrogen) atoms. The lowest BCUT2D eigenvalue weighted by atomic mass is 10.1. The molecule has 2 rings (SSSR count). The maximum atomic E-state index is 11.4. The fraction of sp³-hybridized carbons (Fsp3) is 0.571. The summed E-state index contributed by atoms with van der Waals surface area (Å²) >= 11 is 0. The Morgan fingerprint density at radius 3 is 2.32 bits per heavy atom. The first kappa shape index (κ1) is 14.5. The number of sulfone groups is 1. The fourth-order valence-corrected chi connectivity index (χ4v) is 2.99. The van der Waals surface area contributed by atoms with Gasteiger partial charge >= 0.3 is 0 Å². The third kappa shape index (κ3) is 4.03. The lowest BCUT2D eigenvalue weighted by Gasteiger charge is -2.32. The quantitative estimate of drug-likeness (QED) is 0.837. The van der Waals surface area contributed by atoms with Crippen molar-refractivity contribution in [2.45, 2.75) is 24.3 Å². The second-order valence-electron chi connectivity index (χ2n) is 5.12. The summed E-state index contributed by atoms with van der Waals surface area (Å²) in [6.45, 7) is 5.76. The number of nitrogens with zero attached hydrogens (tertiary/aromatic N) is 1.